The molecule has 0 bridgehead atoms. The lowest BCUT2D eigenvalue weighted by atomic mass is 9.72. The van der Waals surface area contributed by atoms with Crippen molar-refractivity contribution in [1.82, 2.24) is 9.80 Å². The second kappa shape index (κ2) is 5.08. The number of hydrogen-bond acceptors (Lipinski definition) is 4. The topological polar surface area (TPSA) is 41.7 Å². The van der Waals surface area contributed by atoms with Crippen LogP contribution in [0, 0.1) is 0 Å². The SMILES string of the molecule is COC1CC(CN)(N2CCCN3CCCC3C2)C1. The van der Waals surface area contributed by atoms with Crippen LogP contribution in [0.15, 0.2) is 0 Å². The molecule has 0 aromatic carbocycles. The first kappa shape index (κ1) is 12.9. The average molecular weight is 253 g/mol. The largest absolute Gasteiger partial charge is 0.381 e. The highest BCUT2D eigenvalue weighted by Crippen LogP contribution is 2.40. The Labute approximate surface area is 110 Å². The summed E-state index contributed by atoms with van der Waals surface area (Å²) in [6.45, 7) is 5.85. The van der Waals surface area contributed by atoms with E-state index in [0.717, 1.165) is 25.4 Å². The van der Waals surface area contributed by atoms with E-state index in [1.807, 2.05) is 7.11 Å². The van der Waals surface area contributed by atoms with E-state index in [0.29, 0.717) is 6.10 Å². The normalized spacial score (nSPS) is 42.3. The molecule has 1 aliphatic carbocycles. The van der Waals surface area contributed by atoms with Crippen molar-refractivity contribution in [3.63, 3.8) is 0 Å². The summed E-state index contributed by atoms with van der Waals surface area (Å²) in [6, 6.07) is 0.789. The van der Waals surface area contributed by atoms with Crippen LogP contribution in [0.2, 0.25) is 0 Å². The zero-order chi connectivity index (χ0) is 12.6. The van der Waals surface area contributed by atoms with Gasteiger partial charge in [-0.05, 0) is 45.2 Å². The molecule has 2 heterocycles. The summed E-state index contributed by atoms with van der Waals surface area (Å²) in [5, 5.41) is 0. The zero-order valence-corrected chi connectivity index (χ0v) is 11.6. The van der Waals surface area contributed by atoms with Gasteiger partial charge in [0.25, 0.3) is 0 Å². The highest BCUT2D eigenvalue weighted by atomic mass is 16.5. The van der Waals surface area contributed by atoms with Crippen molar-refractivity contribution in [3.8, 4) is 0 Å². The Morgan fingerprint density at radius 2 is 2.00 bits per heavy atom. The fourth-order valence-electron chi connectivity index (χ4n) is 4.15. The Hall–Kier alpha value is -0.160. The minimum atomic E-state index is 0.249. The summed E-state index contributed by atoms with van der Waals surface area (Å²) in [6.07, 6.45) is 6.77. The van der Waals surface area contributed by atoms with Gasteiger partial charge < -0.3 is 10.5 Å². The van der Waals surface area contributed by atoms with E-state index < -0.39 is 0 Å². The maximum Gasteiger partial charge on any atom is 0.0607 e. The molecule has 0 radical (unpaired) electrons. The summed E-state index contributed by atoms with van der Waals surface area (Å²) in [5.41, 5.74) is 6.34. The maximum absolute atomic E-state index is 6.09. The van der Waals surface area contributed by atoms with Crippen molar-refractivity contribution in [2.24, 2.45) is 5.73 Å². The highest BCUT2D eigenvalue weighted by molar-refractivity contribution is 5.06. The Morgan fingerprint density at radius 1 is 1.22 bits per heavy atom. The van der Waals surface area contributed by atoms with Gasteiger partial charge in [-0.3, -0.25) is 9.80 Å². The van der Waals surface area contributed by atoms with Crippen LogP contribution in [0.5, 0.6) is 0 Å². The number of rotatable bonds is 3. The van der Waals surface area contributed by atoms with Crippen molar-refractivity contribution in [3.05, 3.63) is 0 Å². The first-order valence-electron chi connectivity index (χ1n) is 7.49. The van der Waals surface area contributed by atoms with Gasteiger partial charge in [0.15, 0.2) is 0 Å². The zero-order valence-electron chi connectivity index (χ0n) is 11.6. The van der Waals surface area contributed by atoms with Gasteiger partial charge in [-0.2, -0.15) is 0 Å². The molecular formula is C14H27N3O. The lowest BCUT2D eigenvalue weighted by molar-refractivity contribution is -0.0884. The van der Waals surface area contributed by atoms with Gasteiger partial charge >= 0.3 is 0 Å². The molecule has 1 atom stereocenters. The molecule has 18 heavy (non-hydrogen) atoms. The van der Waals surface area contributed by atoms with E-state index in [-0.39, 0.29) is 5.54 Å². The molecule has 3 rings (SSSR count). The maximum atomic E-state index is 6.09. The fourth-order valence-corrected chi connectivity index (χ4v) is 4.15. The van der Waals surface area contributed by atoms with E-state index in [4.69, 9.17) is 10.5 Å². The predicted octanol–water partition coefficient (Wildman–Crippen LogP) is 0.663. The minimum Gasteiger partial charge on any atom is -0.381 e. The van der Waals surface area contributed by atoms with Gasteiger partial charge in [0.05, 0.1) is 6.10 Å². The molecule has 0 aromatic heterocycles. The molecule has 3 fully saturated rings. The van der Waals surface area contributed by atoms with Crippen LogP contribution >= 0.6 is 0 Å². The van der Waals surface area contributed by atoms with E-state index in [1.165, 1.54) is 45.4 Å². The second-order valence-corrected chi connectivity index (χ2v) is 6.33. The van der Waals surface area contributed by atoms with Crippen molar-refractivity contribution >= 4 is 0 Å². The standard InChI is InChI=1S/C14H27N3O/c1-18-13-8-14(9-13,11-15)17-7-3-6-16-5-2-4-12(16)10-17/h12-13H,2-11,15H2,1H3. The smallest absolute Gasteiger partial charge is 0.0607 e. The number of nitrogens with zero attached hydrogens (tertiary/aromatic N) is 2. The number of nitrogens with two attached hydrogens (primary N) is 1. The van der Waals surface area contributed by atoms with Crippen LogP contribution in [-0.4, -0.2) is 67.3 Å². The number of fused-ring (bicyclic) bond motifs is 1. The summed E-state index contributed by atoms with van der Waals surface area (Å²) < 4.78 is 5.46. The molecule has 2 N–H and O–H groups in total. The van der Waals surface area contributed by atoms with E-state index in [2.05, 4.69) is 9.80 Å². The third-order valence-corrected chi connectivity index (χ3v) is 5.40. The van der Waals surface area contributed by atoms with Gasteiger partial charge in [-0.25, -0.2) is 0 Å². The van der Waals surface area contributed by atoms with Gasteiger partial charge in [-0.1, -0.05) is 0 Å². The fraction of sp³-hybridized carbons (Fsp3) is 1.00. The second-order valence-electron chi connectivity index (χ2n) is 6.33. The molecular weight excluding hydrogens is 226 g/mol. The molecule has 2 aliphatic heterocycles. The molecule has 0 aromatic rings. The monoisotopic (exact) mass is 253 g/mol. The lowest BCUT2D eigenvalue weighted by Crippen LogP contribution is -2.65. The van der Waals surface area contributed by atoms with E-state index in [1.54, 1.807) is 0 Å². The van der Waals surface area contributed by atoms with E-state index in [9.17, 15) is 0 Å². The van der Waals surface area contributed by atoms with Gasteiger partial charge in [0.2, 0.25) is 0 Å². The predicted molar refractivity (Wildman–Crippen MR) is 72.6 cm³/mol. The first-order valence-corrected chi connectivity index (χ1v) is 7.49. The molecule has 4 heteroatoms. The van der Waals surface area contributed by atoms with Crippen LogP contribution in [0.3, 0.4) is 0 Å². The molecule has 1 unspecified atom stereocenters. The van der Waals surface area contributed by atoms with Gasteiger partial charge in [0.1, 0.15) is 0 Å². The lowest BCUT2D eigenvalue weighted by Gasteiger charge is -2.53. The molecule has 1 saturated carbocycles. The molecule has 2 saturated heterocycles. The van der Waals surface area contributed by atoms with Crippen molar-refractivity contribution in [2.75, 3.05) is 39.8 Å². The Kier molecular flexibility index (Phi) is 3.63. The van der Waals surface area contributed by atoms with Crippen molar-refractivity contribution in [1.29, 1.82) is 0 Å². The van der Waals surface area contributed by atoms with Gasteiger partial charge in [-0.15, -0.1) is 0 Å². The third kappa shape index (κ3) is 2.09. The Balaban J connectivity index is 1.67. The third-order valence-electron chi connectivity index (χ3n) is 5.40. The van der Waals surface area contributed by atoms with Gasteiger partial charge in [0, 0.05) is 38.3 Å². The molecule has 3 aliphatic rings. The van der Waals surface area contributed by atoms with Crippen LogP contribution in [0.4, 0.5) is 0 Å². The Morgan fingerprint density at radius 3 is 2.72 bits per heavy atom. The summed E-state index contributed by atoms with van der Waals surface area (Å²) in [5.74, 6) is 0. The summed E-state index contributed by atoms with van der Waals surface area (Å²) in [7, 11) is 1.83. The quantitative estimate of drug-likeness (QED) is 0.802. The number of hydrogen-bond donors (Lipinski definition) is 1. The highest BCUT2D eigenvalue weighted by Gasteiger charge is 2.49. The molecule has 0 amide bonds. The van der Waals surface area contributed by atoms with Crippen LogP contribution < -0.4 is 5.73 Å². The summed E-state index contributed by atoms with van der Waals surface area (Å²) >= 11 is 0. The van der Waals surface area contributed by atoms with Crippen LogP contribution in [0.1, 0.15) is 32.1 Å². The van der Waals surface area contributed by atoms with E-state index >= 15 is 0 Å². The van der Waals surface area contributed by atoms with Crippen molar-refractivity contribution < 1.29 is 4.74 Å². The number of ether oxygens (including phenoxy) is 1. The summed E-state index contributed by atoms with van der Waals surface area (Å²) in [4.78, 5) is 5.38. The first-order chi connectivity index (χ1) is 8.77. The number of methoxy groups -OCH3 is 1. The molecule has 0 spiro atoms. The molecule has 4 nitrogen and oxygen atoms in total. The average Bonchev–Trinajstić information content (AvgIpc) is 2.67. The van der Waals surface area contributed by atoms with Crippen LogP contribution in [-0.2, 0) is 4.74 Å². The molecule has 104 valence electrons. The van der Waals surface area contributed by atoms with Crippen LogP contribution in [0.25, 0.3) is 0 Å². The Bertz CT molecular complexity index is 291. The minimum absolute atomic E-state index is 0.249. The van der Waals surface area contributed by atoms with Crippen molar-refractivity contribution in [2.45, 2.75) is 49.8 Å².